The van der Waals surface area contributed by atoms with Gasteiger partial charge in [-0.3, -0.25) is 0 Å². The Kier molecular flexibility index (Phi) is 4.49. The van der Waals surface area contributed by atoms with E-state index in [1.54, 1.807) is 0 Å². The van der Waals surface area contributed by atoms with Crippen LogP contribution in [0.15, 0.2) is 12.1 Å². The second-order valence-electron chi connectivity index (χ2n) is 3.31. The van der Waals surface area contributed by atoms with E-state index in [4.69, 9.17) is 5.73 Å². The van der Waals surface area contributed by atoms with Gasteiger partial charge >= 0.3 is 0 Å². The van der Waals surface area contributed by atoms with Crippen LogP contribution in [0.25, 0.3) is 0 Å². The molecule has 1 aromatic rings. The van der Waals surface area contributed by atoms with Crippen LogP contribution < -0.4 is 11.9 Å². The third-order valence-corrected chi connectivity index (χ3v) is 2.46. The molecule has 1 rings (SSSR count). The van der Waals surface area contributed by atoms with E-state index in [1.807, 2.05) is 6.07 Å². The summed E-state index contributed by atoms with van der Waals surface area (Å²) in [6.45, 7) is 6.44. The molecule has 0 aliphatic rings. The van der Waals surface area contributed by atoms with E-state index < -0.39 is 0 Å². The van der Waals surface area contributed by atoms with Crippen molar-refractivity contribution in [2.75, 3.05) is 5.73 Å². The molecule has 0 fully saturated rings. The van der Waals surface area contributed by atoms with Crippen LogP contribution in [-0.2, 0) is 6.42 Å². The van der Waals surface area contributed by atoms with Gasteiger partial charge < -0.3 is 11.9 Å². The van der Waals surface area contributed by atoms with Crippen LogP contribution in [0.5, 0.6) is 0 Å². The molecular weight excluding hydrogens is 160 g/mol. The smallest absolute Gasteiger partial charge is 0.0346 e. The fourth-order valence-corrected chi connectivity index (χ4v) is 1.44. The van der Waals surface area contributed by atoms with Gasteiger partial charge in [-0.25, -0.2) is 0 Å². The van der Waals surface area contributed by atoms with Crippen LogP contribution in [0, 0.1) is 13.8 Å². The highest BCUT2D eigenvalue weighted by Gasteiger charge is 2.02. The molecule has 0 aliphatic carbocycles. The van der Waals surface area contributed by atoms with Crippen molar-refractivity contribution in [2.45, 2.75) is 33.6 Å². The van der Waals surface area contributed by atoms with Crippen LogP contribution in [0.2, 0.25) is 0 Å². The molecule has 2 nitrogen and oxygen atoms in total. The van der Waals surface area contributed by atoms with E-state index in [9.17, 15) is 0 Å². The number of aryl methyl sites for hydroxylation is 1. The molecule has 0 atom stereocenters. The Labute approximate surface area is 80.7 Å². The van der Waals surface area contributed by atoms with Crippen molar-refractivity contribution in [3.8, 4) is 0 Å². The molecule has 0 spiro atoms. The summed E-state index contributed by atoms with van der Waals surface area (Å²) in [4.78, 5) is 0. The van der Waals surface area contributed by atoms with Crippen molar-refractivity contribution < 1.29 is 0 Å². The van der Waals surface area contributed by atoms with E-state index >= 15 is 0 Å². The minimum absolute atomic E-state index is 0. The Balaban J connectivity index is 0.00000144. The van der Waals surface area contributed by atoms with Crippen LogP contribution in [0.4, 0.5) is 5.69 Å². The molecule has 0 saturated carbocycles. The van der Waals surface area contributed by atoms with Crippen molar-refractivity contribution in [1.82, 2.24) is 6.15 Å². The predicted octanol–water partition coefficient (Wildman–Crippen LogP) is 3.00. The third-order valence-electron chi connectivity index (χ3n) is 2.46. The molecule has 1 aromatic carbocycles. The van der Waals surface area contributed by atoms with Crippen molar-refractivity contribution in [3.05, 3.63) is 28.8 Å². The second-order valence-corrected chi connectivity index (χ2v) is 3.31. The molecular formula is C11H20N2. The molecule has 0 saturated heterocycles. The summed E-state index contributed by atoms with van der Waals surface area (Å²) in [5.74, 6) is 0. The number of hydrogen-bond donors (Lipinski definition) is 2. The lowest BCUT2D eigenvalue weighted by atomic mass is 9.99. The van der Waals surface area contributed by atoms with Gasteiger partial charge in [0.05, 0.1) is 0 Å². The Hall–Kier alpha value is -1.02. The molecule has 0 aromatic heterocycles. The van der Waals surface area contributed by atoms with Gasteiger partial charge in [0.2, 0.25) is 0 Å². The first kappa shape index (κ1) is 12.0. The first-order chi connectivity index (χ1) is 5.66. The monoisotopic (exact) mass is 180 g/mol. The van der Waals surface area contributed by atoms with Crippen molar-refractivity contribution in [3.63, 3.8) is 0 Å². The van der Waals surface area contributed by atoms with Crippen LogP contribution in [0.3, 0.4) is 0 Å². The quantitative estimate of drug-likeness (QED) is 0.687. The lowest BCUT2D eigenvalue weighted by Crippen LogP contribution is -1.96. The van der Waals surface area contributed by atoms with E-state index in [2.05, 4.69) is 26.8 Å². The zero-order chi connectivity index (χ0) is 9.14. The van der Waals surface area contributed by atoms with Gasteiger partial charge in [-0.15, -0.1) is 0 Å². The number of nitrogen functional groups attached to an aromatic ring is 1. The van der Waals surface area contributed by atoms with E-state index in [0.29, 0.717) is 0 Å². The van der Waals surface area contributed by atoms with Gasteiger partial charge in [0.1, 0.15) is 0 Å². The number of benzene rings is 1. The Morgan fingerprint density at radius 1 is 1.15 bits per heavy atom. The van der Waals surface area contributed by atoms with Gasteiger partial charge in [0.15, 0.2) is 0 Å². The SMILES string of the molecule is CCCc1ccc(N)c(C)c1C.N. The fourth-order valence-electron chi connectivity index (χ4n) is 1.44. The van der Waals surface area contributed by atoms with E-state index in [-0.39, 0.29) is 6.15 Å². The standard InChI is InChI=1S/C11H17N.H3N/c1-4-5-10-6-7-11(12)9(3)8(10)2;/h6-7H,4-5,12H2,1-3H3;1H3. The Bertz CT molecular complexity index is 280. The average molecular weight is 180 g/mol. The zero-order valence-electron chi connectivity index (χ0n) is 8.85. The third kappa shape index (κ3) is 2.46. The lowest BCUT2D eigenvalue weighted by molar-refractivity contribution is 0.910. The molecule has 13 heavy (non-hydrogen) atoms. The summed E-state index contributed by atoms with van der Waals surface area (Å²) < 4.78 is 0. The van der Waals surface area contributed by atoms with Crippen LogP contribution in [0.1, 0.15) is 30.0 Å². The molecule has 0 radical (unpaired) electrons. The summed E-state index contributed by atoms with van der Waals surface area (Å²) in [6.07, 6.45) is 2.36. The zero-order valence-corrected chi connectivity index (χ0v) is 8.85. The summed E-state index contributed by atoms with van der Waals surface area (Å²) in [5, 5.41) is 0. The number of nitrogens with two attached hydrogens (primary N) is 1. The fraction of sp³-hybridized carbons (Fsp3) is 0.455. The Morgan fingerprint density at radius 3 is 2.31 bits per heavy atom. The minimum atomic E-state index is 0. The number of anilines is 1. The van der Waals surface area contributed by atoms with Gasteiger partial charge in [-0.2, -0.15) is 0 Å². The summed E-state index contributed by atoms with van der Waals surface area (Å²) in [5.41, 5.74) is 10.7. The summed E-state index contributed by atoms with van der Waals surface area (Å²) >= 11 is 0. The highest BCUT2D eigenvalue weighted by atomic mass is 14.6. The largest absolute Gasteiger partial charge is 0.399 e. The highest BCUT2D eigenvalue weighted by Crippen LogP contribution is 2.20. The van der Waals surface area contributed by atoms with Crippen molar-refractivity contribution in [2.24, 2.45) is 0 Å². The Morgan fingerprint density at radius 2 is 1.77 bits per heavy atom. The molecule has 74 valence electrons. The van der Waals surface area contributed by atoms with Crippen molar-refractivity contribution >= 4 is 5.69 Å². The van der Waals surface area contributed by atoms with E-state index in [0.717, 1.165) is 12.1 Å². The maximum atomic E-state index is 5.79. The number of hydrogen-bond acceptors (Lipinski definition) is 2. The molecule has 5 N–H and O–H groups in total. The molecule has 0 unspecified atom stereocenters. The van der Waals surface area contributed by atoms with Crippen LogP contribution >= 0.6 is 0 Å². The predicted molar refractivity (Wildman–Crippen MR) is 59.3 cm³/mol. The van der Waals surface area contributed by atoms with Gasteiger partial charge in [0.25, 0.3) is 0 Å². The summed E-state index contributed by atoms with van der Waals surface area (Å²) in [6, 6.07) is 4.15. The molecule has 2 heteroatoms. The topological polar surface area (TPSA) is 61.0 Å². The minimum Gasteiger partial charge on any atom is -0.399 e. The van der Waals surface area contributed by atoms with Crippen LogP contribution in [-0.4, -0.2) is 0 Å². The normalized spacial score (nSPS) is 9.46. The highest BCUT2D eigenvalue weighted by molar-refractivity contribution is 5.52. The van der Waals surface area contributed by atoms with Gasteiger partial charge in [0, 0.05) is 5.69 Å². The second kappa shape index (κ2) is 4.87. The van der Waals surface area contributed by atoms with Crippen molar-refractivity contribution in [1.29, 1.82) is 0 Å². The molecule has 0 heterocycles. The number of rotatable bonds is 2. The first-order valence-corrected chi connectivity index (χ1v) is 4.51. The first-order valence-electron chi connectivity index (χ1n) is 4.51. The van der Waals surface area contributed by atoms with Gasteiger partial charge in [-0.1, -0.05) is 19.4 Å². The molecule has 0 amide bonds. The van der Waals surface area contributed by atoms with E-state index in [1.165, 1.54) is 23.1 Å². The lowest BCUT2D eigenvalue weighted by Gasteiger charge is -2.09. The maximum Gasteiger partial charge on any atom is 0.0346 e. The molecule has 0 bridgehead atoms. The molecule has 0 aliphatic heterocycles. The summed E-state index contributed by atoms with van der Waals surface area (Å²) in [7, 11) is 0. The average Bonchev–Trinajstić information content (AvgIpc) is 2.07. The maximum absolute atomic E-state index is 5.79. The van der Waals surface area contributed by atoms with Gasteiger partial charge in [-0.05, 0) is 43.0 Å².